The number of Topliss-reactive ketones (excluding diaryl/α,β-unsaturated/α-hetero) is 1. The topological polar surface area (TPSA) is 17.1 Å². The van der Waals surface area contributed by atoms with Gasteiger partial charge in [-0.1, -0.05) is 12.1 Å². The molecule has 96 valence electrons. The van der Waals surface area contributed by atoms with Gasteiger partial charge in [0.1, 0.15) is 11.6 Å². The summed E-state index contributed by atoms with van der Waals surface area (Å²) in [4.78, 5) is 12.2. The molecule has 3 heteroatoms. The van der Waals surface area contributed by atoms with Crippen molar-refractivity contribution >= 4 is 5.78 Å². The van der Waals surface area contributed by atoms with E-state index in [2.05, 4.69) is 0 Å². The van der Waals surface area contributed by atoms with Crippen LogP contribution < -0.4 is 0 Å². The van der Waals surface area contributed by atoms with Crippen LogP contribution in [0.5, 0.6) is 0 Å². The zero-order valence-corrected chi connectivity index (χ0v) is 10.2. The quantitative estimate of drug-likeness (QED) is 0.805. The minimum Gasteiger partial charge on any atom is -0.294 e. The molecule has 1 nitrogen and oxygen atoms in total. The SMILES string of the molecule is O=C1c2ccc(F)cc2C[C@H]1Cc1ccc(F)cc1. The maximum absolute atomic E-state index is 13.1. The molecule has 0 fully saturated rings. The molecule has 0 aromatic heterocycles. The lowest BCUT2D eigenvalue weighted by molar-refractivity contribution is 0.0936. The highest BCUT2D eigenvalue weighted by Gasteiger charge is 2.30. The van der Waals surface area contributed by atoms with Crippen molar-refractivity contribution in [1.29, 1.82) is 0 Å². The zero-order valence-electron chi connectivity index (χ0n) is 10.2. The number of halogens is 2. The maximum Gasteiger partial charge on any atom is 0.166 e. The van der Waals surface area contributed by atoms with Crippen LogP contribution in [-0.2, 0) is 12.8 Å². The van der Waals surface area contributed by atoms with Gasteiger partial charge in [0, 0.05) is 11.5 Å². The summed E-state index contributed by atoms with van der Waals surface area (Å²) in [6.07, 6.45) is 1.12. The van der Waals surface area contributed by atoms with E-state index >= 15 is 0 Å². The zero-order chi connectivity index (χ0) is 13.4. The van der Waals surface area contributed by atoms with Gasteiger partial charge < -0.3 is 0 Å². The minimum absolute atomic E-state index is 0.0549. The van der Waals surface area contributed by atoms with Crippen LogP contribution in [0.2, 0.25) is 0 Å². The predicted molar refractivity (Wildman–Crippen MR) is 68.0 cm³/mol. The number of benzene rings is 2. The summed E-state index contributed by atoms with van der Waals surface area (Å²) in [5.41, 5.74) is 2.32. The summed E-state index contributed by atoms with van der Waals surface area (Å²) in [6, 6.07) is 10.5. The van der Waals surface area contributed by atoms with E-state index in [1.807, 2.05) is 0 Å². The number of rotatable bonds is 2. The molecule has 1 aliphatic carbocycles. The van der Waals surface area contributed by atoms with E-state index in [0.717, 1.165) is 11.1 Å². The van der Waals surface area contributed by atoms with Crippen molar-refractivity contribution in [2.75, 3.05) is 0 Å². The molecule has 0 heterocycles. The van der Waals surface area contributed by atoms with Crippen molar-refractivity contribution in [1.82, 2.24) is 0 Å². The Labute approximate surface area is 109 Å². The van der Waals surface area contributed by atoms with Gasteiger partial charge in [0.25, 0.3) is 0 Å². The molecular weight excluding hydrogens is 246 g/mol. The van der Waals surface area contributed by atoms with Crippen LogP contribution in [0.25, 0.3) is 0 Å². The van der Waals surface area contributed by atoms with E-state index in [1.54, 1.807) is 18.2 Å². The van der Waals surface area contributed by atoms with Crippen LogP contribution in [-0.4, -0.2) is 5.78 Å². The number of carbonyl (C=O) groups excluding carboxylic acids is 1. The molecule has 3 rings (SSSR count). The molecule has 2 aromatic carbocycles. The van der Waals surface area contributed by atoms with Gasteiger partial charge >= 0.3 is 0 Å². The second-order valence-electron chi connectivity index (χ2n) is 4.90. The lowest BCUT2D eigenvalue weighted by Gasteiger charge is -2.07. The fourth-order valence-electron chi connectivity index (χ4n) is 2.62. The van der Waals surface area contributed by atoms with Gasteiger partial charge in [0.2, 0.25) is 0 Å². The normalized spacial score (nSPS) is 17.6. The average molecular weight is 258 g/mol. The van der Waals surface area contributed by atoms with E-state index in [1.165, 1.54) is 24.3 Å². The second kappa shape index (κ2) is 4.57. The first kappa shape index (κ1) is 12.0. The summed E-state index contributed by atoms with van der Waals surface area (Å²) in [7, 11) is 0. The largest absolute Gasteiger partial charge is 0.294 e. The number of carbonyl (C=O) groups is 1. The minimum atomic E-state index is -0.311. The highest BCUT2D eigenvalue weighted by Crippen LogP contribution is 2.29. The Bertz CT molecular complexity index is 632. The van der Waals surface area contributed by atoms with Crippen molar-refractivity contribution in [3.05, 3.63) is 70.8 Å². The highest BCUT2D eigenvalue weighted by atomic mass is 19.1. The number of fused-ring (bicyclic) bond motifs is 1. The first-order valence-electron chi connectivity index (χ1n) is 6.20. The molecule has 0 spiro atoms. The Morgan fingerprint density at radius 3 is 2.42 bits per heavy atom. The second-order valence-corrected chi connectivity index (χ2v) is 4.90. The van der Waals surface area contributed by atoms with Crippen molar-refractivity contribution in [3.63, 3.8) is 0 Å². The number of hydrogen-bond acceptors (Lipinski definition) is 1. The molecule has 2 aromatic rings. The van der Waals surface area contributed by atoms with E-state index in [4.69, 9.17) is 0 Å². The third kappa shape index (κ3) is 2.28. The van der Waals surface area contributed by atoms with Crippen LogP contribution in [0.3, 0.4) is 0 Å². The van der Waals surface area contributed by atoms with Crippen LogP contribution in [0.15, 0.2) is 42.5 Å². The van der Waals surface area contributed by atoms with Gasteiger partial charge in [0.15, 0.2) is 5.78 Å². The Morgan fingerprint density at radius 1 is 1.00 bits per heavy atom. The van der Waals surface area contributed by atoms with Gasteiger partial charge in [-0.3, -0.25) is 4.79 Å². The van der Waals surface area contributed by atoms with Gasteiger partial charge in [0.05, 0.1) is 0 Å². The first-order valence-corrected chi connectivity index (χ1v) is 6.20. The van der Waals surface area contributed by atoms with Crippen molar-refractivity contribution in [3.8, 4) is 0 Å². The molecule has 0 amide bonds. The average Bonchev–Trinajstić information content (AvgIpc) is 2.68. The molecule has 0 aliphatic heterocycles. The highest BCUT2D eigenvalue weighted by molar-refractivity contribution is 6.02. The number of ketones is 1. The smallest absolute Gasteiger partial charge is 0.166 e. The van der Waals surface area contributed by atoms with Crippen LogP contribution >= 0.6 is 0 Å². The molecule has 0 unspecified atom stereocenters. The van der Waals surface area contributed by atoms with Gasteiger partial charge in [-0.25, -0.2) is 8.78 Å². The number of hydrogen-bond donors (Lipinski definition) is 0. The predicted octanol–water partition coefficient (Wildman–Crippen LogP) is 3.56. The molecular formula is C16H12F2O. The Morgan fingerprint density at radius 2 is 1.68 bits per heavy atom. The maximum atomic E-state index is 13.1. The molecule has 0 saturated heterocycles. The van der Waals surface area contributed by atoms with Crippen molar-refractivity contribution in [2.45, 2.75) is 12.8 Å². The molecule has 1 aliphatic rings. The fourth-order valence-corrected chi connectivity index (χ4v) is 2.62. The van der Waals surface area contributed by atoms with Crippen LogP contribution in [0, 0.1) is 17.6 Å². The van der Waals surface area contributed by atoms with Crippen LogP contribution in [0.1, 0.15) is 21.5 Å². The summed E-state index contributed by atoms with van der Waals surface area (Å²) in [5, 5.41) is 0. The standard InChI is InChI=1S/C16H12F2O/c17-13-3-1-10(2-4-13)7-12-8-11-9-14(18)5-6-15(11)16(12)19/h1-6,9,12H,7-8H2/t12-/m1/s1. The van der Waals surface area contributed by atoms with Gasteiger partial charge in [-0.2, -0.15) is 0 Å². The summed E-state index contributed by atoms with van der Waals surface area (Å²) >= 11 is 0. The Balaban J connectivity index is 1.82. The molecule has 0 radical (unpaired) electrons. The van der Waals surface area contributed by atoms with E-state index in [-0.39, 0.29) is 23.3 Å². The van der Waals surface area contributed by atoms with Crippen LogP contribution in [0.4, 0.5) is 8.78 Å². The fraction of sp³-hybridized carbons (Fsp3) is 0.188. The summed E-state index contributed by atoms with van der Waals surface area (Å²) < 4.78 is 26.0. The third-order valence-electron chi connectivity index (χ3n) is 3.57. The summed E-state index contributed by atoms with van der Waals surface area (Å²) in [5.74, 6) is -0.706. The van der Waals surface area contributed by atoms with Gasteiger partial charge in [-0.05, 0) is 54.3 Å². The summed E-state index contributed by atoms with van der Waals surface area (Å²) in [6.45, 7) is 0. The lowest BCUT2D eigenvalue weighted by atomic mass is 9.96. The van der Waals surface area contributed by atoms with E-state index in [9.17, 15) is 13.6 Å². The Hall–Kier alpha value is -2.03. The Kier molecular flexibility index (Phi) is 2.90. The molecule has 0 bridgehead atoms. The third-order valence-corrected chi connectivity index (χ3v) is 3.57. The van der Waals surface area contributed by atoms with Gasteiger partial charge in [-0.15, -0.1) is 0 Å². The molecule has 0 saturated carbocycles. The molecule has 1 atom stereocenters. The first-order chi connectivity index (χ1) is 9.13. The van der Waals surface area contributed by atoms with E-state index < -0.39 is 0 Å². The lowest BCUT2D eigenvalue weighted by Crippen LogP contribution is -2.12. The monoisotopic (exact) mass is 258 g/mol. The van der Waals surface area contributed by atoms with Crippen molar-refractivity contribution in [2.24, 2.45) is 5.92 Å². The van der Waals surface area contributed by atoms with Crippen molar-refractivity contribution < 1.29 is 13.6 Å². The van der Waals surface area contributed by atoms with E-state index in [0.29, 0.717) is 18.4 Å². The molecule has 19 heavy (non-hydrogen) atoms. The molecule has 0 N–H and O–H groups in total.